The monoisotopic (exact) mass is 297 g/mol. The summed E-state index contributed by atoms with van der Waals surface area (Å²) in [6.45, 7) is 0.782. The van der Waals surface area contributed by atoms with E-state index >= 15 is 0 Å². The molecule has 0 aliphatic rings. The van der Waals surface area contributed by atoms with E-state index in [-0.39, 0.29) is 0 Å². The summed E-state index contributed by atoms with van der Waals surface area (Å²) in [5, 5.41) is 1.81. The summed E-state index contributed by atoms with van der Waals surface area (Å²) in [7, 11) is 2.03. The second-order valence-corrected chi connectivity index (χ2v) is 5.54. The summed E-state index contributed by atoms with van der Waals surface area (Å²) < 4.78 is 0. The van der Waals surface area contributed by atoms with Gasteiger partial charge in [0.2, 0.25) is 0 Å². The van der Waals surface area contributed by atoms with E-state index < -0.39 is 0 Å². The first-order chi connectivity index (χ1) is 10.1. The highest BCUT2D eigenvalue weighted by atomic mass is 35.5. The number of aromatic nitrogens is 1. The lowest BCUT2D eigenvalue weighted by Gasteiger charge is -2.18. The van der Waals surface area contributed by atoms with Gasteiger partial charge in [0.15, 0.2) is 0 Å². The molecule has 1 aromatic heterocycles. The average molecular weight is 298 g/mol. The molecule has 0 spiro atoms. The van der Waals surface area contributed by atoms with Crippen LogP contribution in [0.5, 0.6) is 0 Å². The molecule has 0 unspecified atom stereocenters. The molecule has 3 nitrogen and oxygen atoms in total. The van der Waals surface area contributed by atoms with Crippen LogP contribution in [0, 0.1) is 0 Å². The zero-order valence-corrected chi connectivity index (χ0v) is 12.5. The molecule has 1 heterocycles. The number of pyridine rings is 1. The van der Waals surface area contributed by atoms with Crippen LogP contribution in [0.3, 0.4) is 0 Å². The second kappa shape index (κ2) is 5.62. The third-order valence-electron chi connectivity index (χ3n) is 3.42. The topological polar surface area (TPSA) is 42.1 Å². The van der Waals surface area contributed by atoms with Crippen LogP contribution in [-0.4, -0.2) is 12.0 Å². The third-order valence-corrected chi connectivity index (χ3v) is 3.67. The van der Waals surface area contributed by atoms with Crippen molar-refractivity contribution in [1.29, 1.82) is 0 Å². The lowest BCUT2D eigenvalue weighted by atomic mass is 10.2. The van der Waals surface area contributed by atoms with Gasteiger partial charge in [-0.1, -0.05) is 23.7 Å². The van der Waals surface area contributed by atoms with Crippen molar-refractivity contribution in [3.8, 4) is 0 Å². The first-order valence-corrected chi connectivity index (χ1v) is 7.11. The van der Waals surface area contributed by atoms with Gasteiger partial charge in [-0.2, -0.15) is 0 Å². The van der Waals surface area contributed by atoms with E-state index in [2.05, 4.69) is 9.88 Å². The molecule has 3 rings (SSSR count). The van der Waals surface area contributed by atoms with E-state index in [0.29, 0.717) is 0 Å². The van der Waals surface area contributed by atoms with Crippen molar-refractivity contribution in [2.75, 3.05) is 17.7 Å². The summed E-state index contributed by atoms with van der Waals surface area (Å²) in [4.78, 5) is 6.78. The Balaban J connectivity index is 1.85. The average Bonchev–Trinajstić information content (AvgIpc) is 2.49. The Morgan fingerprint density at radius 3 is 2.57 bits per heavy atom. The van der Waals surface area contributed by atoms with Gasteiger partial charge in [-0.15, -0.1) is 0 Å². The van der Waals surface area contributed by atoms with Crippen molar-refractivity contribution < 1.29 is 0 Å². The van der Waals surface area contributed by atoms with E-state index in [0.717, 1.165) is 34.0 Å². The molecule has 3 aromatic rings. The molecule has 0 radical (unpaired) electrons. The van der Waals surface area contributed by atoms with Gasteiger partial charge in [0.05, 0.1) is 5.52 Å². The van der Waals surface area contributed by atoms with Gasteiger partial charge in [0.25, 0.3) is 0 Å². The van der Waals surface area contributed by atoms with Crippen LogP contribution in [0.1, 0.15) is 5.56 Å². The lowest BCUT2D eigenvalue weighted by Crippen LogP contribution is -2.17. The van der Waals surface area contributed by atoms with Crippen molar-refractivity contribution in [2.45, 2.75) is 6.54 Å². The van der Waals surface area contributed by atoms with Gasteiger partial charge in [0, 0.05) is 29.7 Å². The van der Waals surface area contributed by atoms with Crippen LogP contribution in [0.2, 0.25) is 5.02 Å². The molecular formula is C17H16ClN3. The summed E-state index contributed by atoms with van der Waals surface area (Å²) in [5.41, 5.74) is 8.69. The fourth-order valence-electron chi connectivity index (χ4n) is 2.29. The van der Waals surface area contributed by atoms with Crippen molar-refractivity contribution in [3.05, 3.63) is 65.2 Å². The molecule has 0 saturated carbocycles. The van der Waals surface area contributed by atoms with Crippen LogP contribution in [0.4, 0.5) is 11.5 Å². The summed E-state index contributed by atoms with van der Waals surface area (Å²) in [6, 6.07) is 17.7. The van der Waals surface area contributed by atoms with Crippen LogP contribution < -0.4 is 10.6 Å². The van der Waals surface area contributed by atoms with Gasteiger partial charge >= 0.3 is 0 Å². The summed E-state index contributed by atoms with van der Waals surface area (Å²) in [5.74, 6) is 0.933. The number of benzene rings is 2. The number of rotatable bonds is 3. The normalized spacial score (nSPS) is 10.8. The fraction of sp³-hybridized carbons (Fsp3) is 0.118. The minimum atomic E-state index is 0.753. The Morgan fingerprint density at radius 1 is 1.05 bits per heavy atom. The van der Waals surface area contributed by atoms with Gasteiger partial charge in [0.1, 0.15) is 5.82 Å². The van der Waals surface area contributed by atoms with E-state index in [1.807, 2.05) is 61.6 Å². The minimum Gasteiger partial charge on any atom is -0.399 e. The van der Waals surface area contributed by atoms with E-state index in [9.17, 15) is 0 Å². The van der Waals surface area contributed by atoms with Crippen LogP contribution >= 0.6 is 11.6 Å². The quantitative estimate of drug-likeness (QED) is 0.740. The first-order valence-electron chi connectivity index (χ1n) is 6.74. The molecule has 0 fully saturated rings. The maximum absolute atomic E-state index is 5.91. The Kier molecular flexibility index (Phi) is 3.67. The minimum absolute atomic E-state index is 0.753. The number of nitrogens with two attached hydrogens (primary N) is 1. The second-order valence-electron chi connectivity index (χ2n) is 5.10. The van der Waals surface area contributed by atoms with E-state index in [4.69, 9.17) is 17.3 Å². The van der Waals surface area contributed by atoms with E-state index in [1.54, 1.807) is 0 Å². The molecule has 21 heavy (non-hydrogen) atoms. The molecule has 0 aliphatic heterocycles. The largest absolute Gasteiger partial charge is 0.399 e. The van der Waals surface area contributed by atoms with E-state index in [1.165, 1.54) is 5.56 Å². The molecule has 2 N–H and O–H groups in total. The number of nitrogen functional groups attached to an aromatic ring is 1. The number of hydrogen-bond donors (Lipinski definition) is 1. The molecule has 0 aliphatic carbocycles. The standard InChI is InChI=1S/C17H16ClN3/c1-21(11-12-2-5-14(18)6-3-12)17-9-4-13-10-15(19)7-8-16(13)20-17/h2-10H,11,19H2,1H3. The number of hydrogen-bond acceptors (Lipinski definition) is 3. The molecule has 0 bridgehead atoms. The SMILES string of the molecule is CN(Cc1ccc(Cl)cc1)c1ccc2cc(N)ccc2n1. The molecule has 0 atom stereocenters. The highest BCUT2D eigenvalue weighted by molar-refractivity contribution is 6.30. The van der Waals surface area contributed by atoms with Crippen molar-refractivity contribution >= 4 is 34.0 Å². The predicted molar refractivity (Wildman–Crippen MR) is 89.7 cm³/mol. The number of halogens is 1. The maximum Gasteiger partial charge on any atom is 0.129 e. The summed E-state index contributed by atoms with van der Waals surface area (Å²) >= 11 is 5.91. The highest BCUT2D eigenvalue weighted by Gasteiger charge is 2.05. The van der Waals surface area contributed by atoms with Crippen LogP contribution in [0.25, 0.3) is 10.9 Å². The molecular weight excluding hydrogens is 282 g/mol. The Labute approximate surface area is 129 Å². The molecule has 0 amide bonds. The lowest BCUT2D eigenvalue weighted by molar-refractivity contribution is 0.903. The van der Waals surface area contributed by atoms with Crippen molar-refractivity contribution in [1.82, 2.24) is 4.98 Å². The van der Waals surface area contributed by atoms with Gasteiger partial charge < -0.3 is 10.6 Å². The van der Waals surface area contributed by atoms with Crippen molar-refractivity contribution in [2.24, 2.45) is 0 Å². The molecule has 0 saturated heterocycles. The molecule has 2 aromatic carbocycles. The Morgan fingerprint density at radius 2 is 1.81 bits per heavy atom. The number of anilines is 2. The Bertz CT molecular complexity index is 769. The number of nitrogens with zero attached hydrogens (tertiary/aromatic N) is 2. The number of fused-ring (bicyclic) bond motifs is 1. The zero-order valence-electron chi connectivity index (χ0n) is 11.8. The third kappa shape index (κ3) is 3.09. The predicted octanol–water partition coefficient (Wildman–Crippen LogP) is 4.11. The first kappa shape index (κ1) is 13.7. The maximum atomic E-state index is 5.91. The summed E-state index contributed by atoms with van der Waals surface area (Å²) in [6.07, 6.45) is 0. The van der Waals surface area contributed by atoms with Gasteiger partial charge in [-0.3, -0.25) is 0 Å². The fourth-order valence-corrected chi connectivity index (χ4v) is 2.42. The molecule has 106 valence electrons. The highest BCUT2D eigenvalue weighted by Crippen LogP contribution is 2.21. The smallest absolute Gasteiger partial charge is 0.129 e. The molecule has 4 heteroatoms. The van der Waals surface area contributed by atoms with Gasteiger partial charge in [-0.25, -0.2) is 4.98 Å². The Hall–Kier alpha value is -2.26. The van der Waals surface area contributed by atoms with Crippen LogP contribution in [0.15, 0.2) is 54.6 Å². The zero-order chi connectivity index (χ0) is 14.8. The van der Waals surface area contributed by atoms with Crippen LogP contribution in [-0.2, 0) is 6.54 Å². The van der Waals surface area contributed by atoms with Crippen molar-refractivity contribution in [3.63, 3.8) is 0 Å². The van der Waals surface area contributed by atoms with Gasteiger partial charge in [-0.05, 0) is 48.0 Å².